The predicted octanol–water partition coefficient (Wildman–Crippen LogP) is 1.61. The minimum Gasteiger partial charge on any atom is -0.360 e. The monoisotopic (exact) mass is 351 g/mol. The van der Waals surface area contributed by atoms with E-state index in [-0.39, 0.29) is 5.91 Å². The average Bonchev–Trinajstić information content (AvgIpc) is 3.10. The zero-order valence-electron chi connectivity index (χ0n) is 15.1. The Morgan fingerprint density at radius 1 is 1.29 bits per heavy atom. The molecular weight excluding hydrogens is 322 g/mol. The Morgan fingerprint density at radius 2 is 2.00 bits per heavy atom. The molecule has 7 heteroatoms. The summed E-state index contributed by atoms with van der Waals surface area (Å²) in [5.74, 6) is 0.939. The molecule has 0 bridgehead atoms. The number of aliphatic imine (C=N–C) groups is 1. The summed E-state index contributed by atoms with van der Waals surface area (Å²) in [4.78, 5) is 21.2. The number of piperazine rings is 1. The van der Waals surface area contributed by atoms with E-state index < -0.39 is 5.41 Å². The molecule has 0 atom stereocenters. The predicted molar refractivity (Wildman–Crippen MR) is 102 cm³/mol. The Balaban J connectivity index is 1.86. The minimum atomic E-state index is -0.468. The first-order valence-corrected chi connectivity index (χ1v) is 9.38. The molecule has 1 aromatic rings. The van der Waals surface area contributed by atoms with Gasteiger partial charge in [0.1, 0.15) is 0 Å². The summed E-state index contributed by atoms with van der Waals surface area (Å²) in [5.41, 5.74) is -0.468. The van der Waals surface area contributed by atoms with E-state index in [1.807, 2.05) is 20.8 Å². The van der Waals surface area contributed by atoms with Gasteiger partial charge in [0.25, 0.3) is 0 Å². The second kappa shape index (κ2) is 8.37. The Kier molecular flexibility index (Phi) is 6.48. The smallest absolute Gasteiger partial charge is 0.227 e. The fourth-order valence-electron chi connectivity index (χ4n) is 2.70. The van der Waals surface area contributed by atoms with E-state index in [1.165, 1.54) is 5.00 Å². The van der Waals surface area contributed by atoms with Gasteiger partial charge in [-0.15, -0.1) is 11.3 Å². The van der Waals surface area contributed by atoms with Gasteiger partial charge in [0.15, 0.2) is 5.96 Å². The Hall–Kier alpha value is -1.76. The first-order chi connectivity index (χ1) is 11.5. The number of hydrogen-bond donors (Lipinski definition) is 2. The van der Waals surface area contributed by atoms with E-state index in [4.69, 9.17) is 0 Å². The molecule has 2 heterocycles. The van der Waals surface area contributed by atoms with Crippen LogP contribution in [0, 0.1) is 5.41 Å². The van der Waals surface area contributed by atoms with Crippen molar-refractivity contribution in [1.82, 2.24) is 15.5 Å². The highest BCUT2D eigenvalue weighted by Crippen LogP contribution is 2.22. The maximum atomic E-state index is 12.1. The van der Waals surface area contributed by atoms with Gasteiger partial charge in [-0.1, -0.05) is 0 Å². The number of amides is 1. The lowest BCUT2D eigenvalue weighted by molar-refractivity contribution is -0.128. The normalized spacial score (nSPS) is 16.2. The van der Waals surface area contributed by atoms with Crippen LogP contribution in [-0.2, 0) is 4.79 Å². The van der Waals surface area contributed by atoms with Crippen molar-refractivity contribution in [2.45, 2.75) is 20.8 Å². The third kappa shape index (κ3) is 4.63. The highest BCUT2D eigenvalue weighted by Gasteiger charge is 2.28. The van der Waals surface area contributed by atoms with Crippen LogP contribution in [0.1, 0.15) is 20.8 Å². The number of nitrogens with one attached hydrogen (secondary N) is 2. The fraction of sp³-hybridized carbons (Fsp3) is 0.647. The number of hydrogen-bond acceptors (Lipinski definition) is 4. The van der Waals surface area contributed by atoms with E-state index in [1.54, 1.807) is 18.4 Å². The summed E-state index contributed by atoms with van der Waals surface area (Å²) in [6.07, 6.45) is 0. The number of anilines is 1. The van der Waals surface area contributed by atoms with Gasteiger partial charge in [-0.25, -0.2) is 0 Å². The second-order valence-electron chi connectivity index (χ2n) is 6.57. The van der Waals surface area contributed by atoms with Crippen LogP contribution in [0.3, 0.4) is 0 Å². The number of thiophene rings is 1. The van der Waals surface area contributed by atoms with Crippen molar-refractivity contribution >= 4 is 28.2 Å². The van der Waals surface area contributed by atoms with E-state index in [0.717, 1.165) is 32.1 Å². The van der Waals surface area contributed by atoms with Crippen molar-refractivity contribution in [2.24, 2.45) is 10.4 Å². The number of carbonyl (C=O) groups is 1. The molecule has 0 unspecified atom stereocenters. The van der Waals surface area contributed by atoms with Crippen LogP contribution >= 0.6 is 11.3 Å². The van der Waals surface area contributed by atoms with Crippen LogP contribution in [0.25, 0.3) is 0 Å². The van der Waals surface area contributed by atoms with Crippen molar-refractivity contribution in [3.63, 3.8) is 0 Å². The van der Waals surface area contributed by atoms with Gasteiger partial charge in [0.05, 0.1) is 10.4 Å². The standard InChI is InChI=1S/C17H29N5OS/c1-5-19-15(23)17(2,3)13-20-16(18-4)22-10-8-21(9-11-22)14-7-6-12-24-14/h6-7,12H,5,8-11,13H2,1-4H3,(H,18,20)(H,19,23). The van der Waals surface area contributed by atoms with Gasteiger partial charge in [-0.05, 0) is 38.3 Å². The van der Waals surface area contributed by atoms with Gasteiger partial charge in [0.2, 0.25) is 5.91 Å². The molecule has 0 spiro atoms. The van der Waals surface area contributed by atoms with Gasteiger partial charge < -0.3 is 20.4 Å². The van der Waals surface area contributed by atoms with Crippen molar-refractivity contribution in [2.75, 3.05) is 51.2 Å². The van der Waals surface area contributed by atoms with E-state index in [2.05, 4.69) is 42.9 Å². The summed E-state index contributed by atoms with van der Waals surface area (Å²) in [6.45, 7) is 10.9. The number of carbonyl (C=O) groups excluding carboxylic acids is 1. The zero-order chi connectivity index (χ0) is 17.6. The largest absolute Gasteiger partial charge is 0.360 e. The van der Waals surface area contributed by atoms with Gasteiger partial charge in [-0.2, -0.15) is 0 Å². The highest BCUT2D eigenvalue weighted by atomic mass is 32.1. The Bertz CT molecular complexity index is 547. The molecule has 1 aliphatic heterocycles. The first kappa shape index (κ1) is 18.6. The second-order valence-corrected chi connectivity index (χ2v) is 7.50. The molecule has 1 amide bonds. The zero-order valence-corrected chi connectivity index (χ0v) is 15.9. The van der Waals surface area contributed by atoms with Crippen molar-refractivity contribution in [1.29, 1.82) is 0 Å². The minimum absolute atomic E-state index is 0.0652. The van der Waals surface area contributed by atoms with E-state index in [9.17, 15) is 4.79 Å². The number of rotatable bonds is 5. The molecule has 6 nitrogen and oxygen atoms in total. The third-order valence-corrected chi connectivity index (χ3v) is 5.18. The summed E-state index contributed by atoms with van der Waals surface area (Å²) in [7, 11) is 1.80. The maximum absolute atomic E-state index is 12.1. The number of nitrogens with zero attached hydrogens (tertiary/aromatic N) is 3. The van der Waals surface area contributed by atoms with Crippen LogP contribution in [0.5, 0.6) is 0 Å². The molecule has 134 valence electrons. The lowest BCUT2D eigenvalue weighted by Crippen LogP contribution is -2.54. The van der Waals surface area contributed by atoms with Crippen LogP contribution in [0.15, 0.2) is 22.5 Å². The third-order valence-electron chi connectivity index (χ3n) is 4.25. The molecule has 0 aliphatic carbocycles. The first-order valence-electron chi connectivity index (χ1n) is 8.50. The molecule has 1 aromatic heterocycles. The molecule has 2 N–H and O–H groups in total. The average molecular weight is 352 g/mol. The van der Waals surface area contributed by atoms with Crippen LogP contribution in [0.2, 0.25) is 0 Å². The lowest BCUT2D eigenvalue weighted by atomic mass is 9.92. The molecule has 1 aliphatic rings. The molecule has 0 radical (unpaired) electrons. The topological polar surface area (TPSA) is 60.0 Å². The quantitative estimate of drug-likeness (QED) is 0.625. The van der Waals surface area contributed by atoms with Crippen LogP contribution < -0.4 is 15.5 Å². The van der Waals surface area contributed by atoms with E-state index in [0.29, 0.717) is 13.1 Å². The fourth-order valence-corrected chi connectivity index (χ4v) is 3.49. The van der Waals surface area contributed by atoms with Crippen LogP contribution in [0.4, 0.5) is 5.00 Å². The summed E-state index contributed by atoms with van der Waals surface area (Å²) in [6, 6.07) is 4.26. The molecule has 2 rings (SSSR count). The van der Waals surface area contributed by atoms with Gasteiger partial charge >= 0.3 is 0 Å². The molecule has 0 aromatic carbocycles. The molecule has 24 heavy (non-hydrogen) atoms. The van der Waals surface area contributed by atoms with Gasteiger partial charge in [-0.3, -0.25) is 9.79 Å². The van der Waals surface area contributed by atoms with Gasteiger partial charge in [0, 0.05) is 46.3 Å². The molecule has 1 saturated heterocycles. The molecule has 0 saturated carbocycles. The van der Waals surface area contributed by atoms with Crippen molar-refractivity contribution in [3.8, 4) is 0 Å². The Labute approximate surface area is 148 Å². The SMILES string of the molecule is CCNC(=O)C(C)(C)CNC(=NC)N1CCN(c2cccs2)CC1. The summed E-state index contributed by atoms with van der Waals surface area (Å²) in [5, 5.41) is 9.70. The van der Waals surface area contributed by atoms with E-state index >= 15 is 0 Å². The van der Waals surface area contributed by atoms with Crippen molar-refractivity contribution in [3.05, 3.63) is 17.5 Å². The molecule has 1 fully saturated rings. The Morgan fingerprint density at radius 3 is 2.54 bits per heavy atom. The lowest BCUT2D eigenvalue weighted by Gasteiger charge is -2.37. The summed E-state index contributed by atoms with van der Waals surface area (Å²) >= 11 is 1.78. The van der Waals surface area contributed by atoms with Crippen molar-refractivity contribution < 1.29 is 4.79 Å². The number of guanidine groups is 1. The maximum Gasteiger partial charge on any atom is 0.227 e. The summed E-state index contributed by atoms with van der Waals surface area (Å²) < 4.78 is 0. The van der Waals surface area contributed by atoms with Crippen LogP contribution in [-0.4, -0.2) is 63.1 Å². The molecular formula is C17H29N5OS. The highest BCUT2D eigenvalue weighted by molar-refractivity contribution is 7.14.